The lowest BCUT2D eigenvalue weighted by molar-refractivity contribution is -0.121. The highest BCUT2D eigenvalue weighted by atomic mass is 16.1. The van der Waals surface area contributed by atoms with Gasteiger partial charge in [0.2, 0.25) is 5.91 Å². The van der Waals surface area contributed by atoms with Gasteiger partial charge in [-0.15, -0.1) is 0 Å². The maximum atomic E-state index is 11.7. The molecule has 0 aliphatic heterocycles. The van der Waals surface area contributed by atoms with Gasteiger partial charge in [-0.05, 0) is 43.9 Å². The maximum absolute atomic E-state index is 11.7. The van der Waals surface area contributed by atoms with Crippen molar-refractivity contribution in [2.75, 3.05) is 0 Å². The van der Waals surface area contributed by atoms with Gasteiger partial charge in [0.1, 0.15) is 0 Å². The highest BCUT2D eigenvalue weighted by molar-refractivity contribution is 5.76. The lowest BCUT2D eigenvalue weighted by Gasteiger charge is -2.14. The molecule has 0 aromatic heterocycles. The van der Waals surface area contributed by atoms with E-state index in [9.17, 15) is 4.79 Å². The summed E-state index contributed by atoms with van der Waals surface area (Å²) in [6.07, 6.45) is 8.76. The van der Waals surface area contributed by atoms with E-state index in [0.717, 1.165) is 37.5 Å². The first kappa shape index (κ1) is 12.9. The van der Waals surface area contributed by atoms with E-state index in [0.29, 0.717) is 18.5 Å². The molecule has 2 fully saturated rings. The summed E-state index contributed by atoms with van der Waals surface area (Å²) >= 11 is 0. The molecule has 3 heteroatoms. The first-order valence-corrected chi connectivity index (χ1v) is 7.24. The molecular weight excluding hydrogens is 212 g/mol. The molecule has 0 spiro atoms. The molecule has 0 aromatic carbocycles. The Morgan fingerprint density at radius 3 is 2.41 bits per heavy atom. The van der Waals surface area contributed by atoms with E-state index in [4.69, 9.17) is 5.73 Å². The molecule has 2 saturated carbocycles. The van der Waals surface area contributed by atoms with Crippen LogP contribution in [0.4, 0.5) is 0 Å². The van der Waals surface area contributed by atoms with Crippen molar-refractivity contribution in [3.8, 4) is 0 Å². The van der Waals surface area contributed by atoms with Crippen molar-refractivity contribution in [1.82, 2.24) is 5.32 Å². The molecule has 2 aliphatic rings. The predicted molar refractivity (Wildman–Crippen MR) is 69.5 cm³/mol. The van der Waals surface area contributed by atoms with Crippen LogP contribution in [0.25, 0.3) is 0 Å². The Morgan fingerprint density at radius 1 is 1.18 bits per heavy atom. The molecule has 1 amide bonds. The van der Waals surface area contributed by atoms with Gasteiger partial charge in [0.05, 0.1) is 0 Å². The number of nitrogens with two attached hydrogens (primary N) is 1. The van der Waals surface area contributed by atoms with Gasteiger partial charge in [-0.2, -0.15) is 0 Å². The Kier molecular flexibility index (Phi) is 4.43. The van der Waals surface area contributed by atoms with Crippen LogP contribution in [0.5, 0.6) is 0 Å². The second-order valence-electron chi connectivity index (χ2n) is 5.94. The maximum Gasteiger partial charge on any atom is 0.220 e. The number of fused-ring (bicyclic) bond motifs is 1. The molecule has 2 aliphatic carbocycles. The molecule has 0 radical (unpaired) electrons. The van der Waals surface area contributed by atoms with Crippen molar-refractivity contribution >= 4 is 5.91 Å². The van der Waals surface area contributed by atoms with Gasteiger partial charge in [0.15, 0.2) is 0 Å². The zero-order chi connectivity index (χ0) is 12.3. The van der Waals surface area contributed by atoms with Crippen molar-refractivity contribution in [1.29, 1.82) is 0 Å². The van der Waals surface area contributed by atoms with E-state index in [1.54, 1.807) is 0 Å². The Bertz CT molecular complexity index is 253. The Hall–Kier alpha value is -0.570. The average Bonchev–Trinajstić information content (AvgIpc) is 2.74. The molecule has 2 atom stereocenters. The predicted octanol–water partition coefficient (Wildman–Crippen LogP) is 2.20. The standard InChI is InChI=1S/C14H26N2O/c1-2-3-4-5-14(17)16-13-8-10-6-12(15)7-11(10)9-13/h10-13H,2-9,15H2,1H3,(H,16,17). The van der Waals surface area contributed by atoms with E-state index in [1.807, 2.05) is 0 Å². The number of rotatable bonds is 5. The number of hydrogen-bond acceptors (Lipinski definition) is 2. The van der Waals surface area contributed by atoms with Crippen molar-refractivity contribution < 1.29 is 4.79 Å². The number of unbranched alkanes of at least 4 members (excludes halogenated alkanes) is 2. The third-order valence-electron chi connectivity index (χ3n) is 4.42. The minimum Gasteiger partial charge on any atom is -0.353 e. The summed E-state index contributed by atoms with van der Waals surface area (Å²) in [5.74, 6) is 1.82. The molecule has 3 N–H and O–H groups in total. The Balaban J connectivity index is 1.66. The van der Waals surface area contributed by atoms with Crippen LogP contribution >= 0.6 is 0 Å². The Labute approximate surface area is 105 Å². The molecule has 17 heavy (non-hydrogen) atoms. The van der Waals surface area contributed by atoms with E-state index in [2.05, 4.69) is 12.2 Å². The largest absolute Gasteiger partial charge is 0.353 e. The van der Waals surface area contributed by atoms with Crippen LogP contribution < -0.4 is 11.1 Å². The molecule has 0 aromatic rings. The van der Waals surface area contributed by atoms with Gasteiger partial charge < -0.3 is 11.1 Å². The first-order valence-electron chi connectivity index (χ1n) is 7.24. The summed E-state index contributed by atoms with van der Waals surface area (Å²) in [7, 11) is 0. The fourth-order valence-electron chi connectivity index (χ4n) is 3.62. The number of hydrogen-bond donors (Lipinski definition) is 2. The molecule has 3 nitrogen and oxygen atoms in total. The van der Waals surface area contributed by atoms with Crippen molar-refractivity contribution in [2.24, 2.45) is 17.6 Å². The highest BCUT2D eigenvalue weighted by Crippen LogP contribution is 2.43. The van der Waals surface area contributed by atoms with Crippen LogP contribution in [0.3, 0.4) is 0 Å². The normalized spacial score (nSPS) is 35.9. The van der Waals surface area contributed by atoms with Gasteiger partial charge >= 0.3 is 0 Å². The second kappa shape index (κ2) is 5.85. The third-order valence-corrected chi connectivity index (χ3v) is 4.42. The van der Waals surface area contributed by atoms with Gasteiger partial charge in [-0.25, -0.2) is 0 Å². The summed E-state index contributed by atoms with van der Waals surface area (Å²) in [6.45, 7) is 2.17. The SMILES string of the molecule is CCCCCC(=O)NC1CC2CC(N)CC2C1. The first-order chi connectivity index (χ1) is 8.19. The van der Waals surface area contributed by atoms with Crippen LogP contribution in [0, 0.1) is 11.8 Å². The minimum atomic E-state index is 0.257. The second-order valence-corrected chi connectivity index (χ2v) is 5.94. The number of amides is 1. The van der Waals surface area contributed by atoms with Crippen LogP contribution in [-0.2, 0) is 4.79 Å². The quantitative estimate of drug-likeness (QED) is 0.721. The molecule has 2 rings (SSSR count). The number of carbonyl (C=O) groups excluding carboxylic acids is 1. The summed E-state index contributed by atoms with van der Waals surface area (Å²) in [6, 6.07) is 0.859. The van der Waals surface area contributed by atoms with Crippen molar-refractivity contribution in [3.05, 3.63) is 0 Å². The van der Waals surface area contributed by atoms with E-state index in [1.165, 1.54) is 19.3 Å². The van der Waals surface area contributed by atoms with Gasteiger partial charge in [0, 0.05) is 18.5 Å². The van der Waals surface area contributed by atoms with Gasteiger partial charge in [-0.3, -0.25) is 4.79 Å². The van der Waals surface area contributed by atoms with Crippen molar-refractivity contribution in [2.45, 2.75) is 70.4 Å². The summed E-state index contributed by atoms with van der Waals surface area (Å²) in [5.41, 5.74) is 5.97. The molecule has 0 heterocycles. The van der Waals surface area contributed by atoms with Crippen LogP contribution in [0.2, 0.25) is 0 Å². The monoisotopic (exact) mass is 238 g/mol. The minimum absolute atomic E-state index is 0.257. The molecule has 0 saturated heterocycles. The number of carbonyl (C=O) groups is 1. The fraction of sp³-hybridized carbons (Fsp3) is 0.929. The third kappa shape index (κ3) is 3.44. The fourth-order valence-corrected chi connectivity index (χ4v) is 3.62. The van der Waals surface area contributed by atoms with Crippen LogP contribution in [0.15, 0.2) is 0 Å². The van der Waals surface area contributed by atoms with E-state index < -0.39 is 0 Å². The zero-order valence-electron chi connectivity index (χ0n) is 11.0. The van der Waals surface area contributed by atoms with Gasteiger partial charge in [0.25, 0.3) is 0 Å². The average molecular weight is 238 g/mol. The molecular formula is C14H26N2O. The number of nitrogens with one attached hydrogen (secondary N) is 1. The zero-order valence-corrected chi connectivity index (χ0v) is 11.0. The molecule has 98 valence electrons. The lowest BCUT2D eigenvalue weighted by atomic mass is 10.0. The van der Waals surface area contributed by atoms with E-state index in [-0.39, 0.29) is 5.91 Å². The van der Waals surface area contributed by atoms with Crippen LogP contribution in [-0.4, -0.2) is 18.0 Å². The Morgan fingerprint density at radius 2 is 1.82 bits per heavy atom. The van der Waals surface area contributed by atoms with Crippen molar-refractivity contribution in [3.63, 3.8) is 0 Å². The van der Waals surface area contributed by atoms with Crippen LogP contribution in [0.1, 0.15) is 58.3 Å². The molecule has 2 unspecified atom stereocenters. The van der Waals surface area contributed by atoms with Gasteiger partial charge in [-0.1, -0.05) is 19.8 Å². The summed E-state index contributed by atoms with van der Waals surface area (Å²) in [5, 5.41) is 3.20. The lowest BCUT2D eigenvalue weighted by Crippen LogP contribution is -2.33. The topological polar surface area (TPSA) is 55.1 Å². The van der Waals surface area contributed by atoms with E-state index >= 15 is 0 Å². The molecule has 0 bridgehead atoms. The summed E-state index contributed by atoms with van der Waals surface area (Å²) < 4.78 is 0. The summed E-state index contributed by atoms with van der Waals surface area (Å²) in [4.78, 5) is 11.7. The highest BCUT2D eigenvalue weighted by Gasteiger charge is 2.40. The smallest absolute Gasteiger partial charge is 0.220 e.